The second kappa shape index (κ2) is 8.77. The summed E-state index contributed by atoms with van der Waals surface area (Å²) < 4.78 is 4.25. The standard InChI is InChI=1S/C10H14O.C2H6O/c1-2-3-9-4-6-10(8-11)7-5-9;1-3-2/h1,8-10H,3-7H2;1-2H3. The minimum atomic E-state index is 0.323. The summed E-state index contributed by atoms with van der Waals surface area (Å²) in [6.45, 7) is 0. The first-order valence-electron chi connectivity index (χ1n) is 5.07. The lowest BCUT2D eigenvalue weighted by molar-refractivity contribution is -0.112. The van der Waals surface area contributed by atoms with E-state index < -0.39 is 0 Å². The van der Waals surface area contributed by atoms with Gasteiger partial charge in [0.2, 0.25) is 0 Å². The van der Waals surface area contributed by atoms with Crippen LogP contribution in [0.25, 0.3) is 0 Å². The number of ether oxygens (including phenoxy) is 1. The second-order valence-electron chi connectivity index (χ2n) is 3.73. The van der Waals surface area contributed by atoms with Crippen molar-refractivity contribution in [2.45, 2.75) is 32.1 Å². The van der Waals surface area contributed by atoms with Crippen LogP contribution in [0, 0.1) is 24.2 Å². The molecule has 0 aliphatic heterocycles. The van der Waals surface area contributed by atoms with Crippen molar-refractivity contribution >= 4 is 6.29 Å². The largest absolute Gasteiger partial charge is 0.388 e. The number of aldehydes is 1. The van der Waals surface area contributed by atoms with Gasteiger partial charge < -0.3 is 9.53 Å². The van der Waals surface area contributed by atoms with Crippen molar-refractivity contribution in [3.63, 3.8) is 0 Å². The van der Waals surface area contributed by atoms with Crippen LogP contribution in [0.3, 0.4) is 0 Å². The molecule has 0 spiro atoms. The van der Waals surface area contributed by atoms with Crippen molar-refractivity contribution in [3.8, 4) is 12.3 Å². The van der Waals surface area contributed by atoms with Crippen molar-refractivity contribution < 1.29 is 9.53 Å². The van der Waals surface area contributed by atoms with Crippen molar-refractivity contribution in [1.82, 2.24) is 0 Å². The molecule has 14 heavy (non-hydrogen) atoms. The average Bonchev–Trinajstić information content (AvgIpc) is 2.21. The van der Waals surface area contributed by atoms with Crippen LogP contribution >= 0.6 is 0 Å². The molecule has 0 bridgehead atoms. The Labute approximate surface area is 87.0 Å². The molecule has 0 radical (unpaired) electrons. The zero-order chi connectivity index (χ0) is 10.8. The van der Waals surface area contributed by atoms with E-state index in [1.54, 1.807) is 14.2 Å². The van der Waals surface area contributed by atoms with Crippen LogP contribution < -0.4 is 0 Å². The third kappa shape index (κ3) is 5.77. The van der Waals surface area contributed by atoms with E-state index in [-0.39, 0.29) is 0 Å². The van der Waals surface area contributed by atoms with E-state index in [1.807, 2.05) is 0 Å². The summed E-state index contributed by atoms with van der Waals surface area (Å²) in [6.07, 6.45) is 11.6. The molecule has 0 atom stereocenters. The van der Waals surface area contributed by atoms with Gasteiger partial charge in [-0.1, -0.05) is 0 Å². The lowest BCUT2D eigenvalue weighted by Crippen LogP contribution is -2.14. The van der Waals surface area contributed by atoms with Crippen LogP contribution in [-0.4, -0.2) is 20.5 Å². The van der Waals surface area contributed by atoms with E-state index in [4.69, 9.17) is 6.42 Å². The molecule has 0 unspecified atom stereocenters. The van der Waals surface area contributed by atoms with E-state index in [9.17, 15) is 4.79 Å². The molecule has 80 valence electrons. The van der Waals surface area contributed by atoms with Gasteiger partial charge >= 0.3 is 0 Å². The Bertz CT molecular complexity index is 173. The molecule has 1 aliphatic carbocycles. The molecule has 0 aromatic carbocycles. The summed E-state index contributed by atoms with van der Waals surface area (Å²) in [6, 6.07) is 0. The van der Waals surface area contributed by atoms with E-state index >= 15 is 0 Å². The molecule has 0 aromatic heterocycles. The summed E-state index contributed by atoms with van der Waals surface area (Å²) in [5, 5.41) is 0. The van der Waals surface area contributed by atoms with Crippen molar-refractivity contribution in [2.75, 3.05) is 14.2 Å². The molecular weight excluding hydrogens is 176 g/mol. The molecule has 1 saturated carbocycles. The SMILES string of the molecule is C#CCC1CCC(C=O)CC1.COC. The zero-order valence-corrected chi connectivity index (χ0v) is 9.16. The maximum atomic E-state index is 10.4. The fourth-order valence-corrected chi connectivity index (χ4v) is 1.70. The molecule has 2 heteroatoms. The van der Waals surface area contributed by atoms with Crippen molar-refractivity contribution in [1.29, 1.82) is 0 Å². The highest BCUT2D eigenvalue weighted by atomic mass is 16.4. The summed E-state index contributed by atoms with van der Waals surface area (Å²) in [5.41, 5.74) is 0. The van der Waals surface area contributed by atoms with Gasteiger partial charge in [-0.15, -0.1) is 12.3 Å². The molecule has 1 rings (SSSR count). The number of hydrogen-bond donors (Lipinski definition) is 0. The Morgan fingerprint density at radius 3 is 2.21 bits per heavy atom. The van der Waals surface area contributed by atoms with Crippen LogP contribution in [0.2, 0.25) is 0 Å². The Balaban J connectivity index is 0.000000500. The quantitative estimate of drug-likeness (QED) is 0.500. The second-order valence-corrected chi connectivity index (χ2v) is 3.73. The van der Waals surface area contributed by atoms with Crippen LogP contribution in [-0.2, 0) is 9.53 Å². The smallest absolute Gasteiger partial charge is 0.123 e. The van der Waals surface area contributed by atoms with E-state index in [0.717, 1.165) is 38.4 Å². The Morgan fingerprint density at radius 2 is 1.86 bits per heavy atom. The number of carbonyl (C=O) groups excluding carboxylic acids is 1. The van der Waals surface area contributed by atoms with Crippen molar-refractivity contribution in [3.05, 3.63) is 0 Å². The van der Waals surface area contributed by atoms with E-state index in [2.05, 4.69) is 10.7 Å². The van der Waals surface area contributed by atoms with Gasteiger partial charge in [0.05, 0.1) is 0 Å². The van der Waals surface area contributed by atoms with Gasteiger partial charge in [-0.2, -0.15) is 0 Å². The van der Waals surface area contributed by atoms with Crippen LogP contribution in [0.4, 0.5) is 0 Å². The van der Waals surface area contributed by atoms with Crippen molar-refractivity contribution in [2.24, 2.45) is 11.8 Å². The lowest BCUT2D eigenvalue weighted by Gasteiger charge is -2.23. The summed E-state index contributed by atoms with van der Waals surface area (Å²) in [5.74, 6) is 3.70. The Kier molecular flexibility index (Phi) is 8.27. The highest BCUT2D eigenvalue weighted by Gasteiger charge is 2.19. The van der Waals surface area contributed by atoms with Gasteiger partial charge in [0, 0.05) is 26.6 Å². The topological polar surface area (TPSA) is 26.3 Å². The highest BCUT2D eigenvalue weighted by Crippen LogP contribution is 2.29. The van der Waals surface area contributed by atoms with Gasteiger partial charge in [-0.3, -0.25) is 0 Å². The van der Waals surface area contributed by atoms with Gasteiger partial charge in [0.15, 0.2) is 0 Å². The average molecular weight is 196 g/mol. The first-order valence-corrected chi connectivity index (χ1v) is 5.07. The predicted octanol–water partition coefficient (Wildman–Crippen LogP) is 2.28. The molecule has 0 saturated heterocycles. The zero-order valence-electron chi connectivity index (χ0n) is 9.16. The third-order valence-corrected chi connectivity index (χ3v) is 2.49. The fourth-order valence-electron chi connectivity index (χ4n) is 1.70. The fraction of sp³-hybridized carbons (Fsp3) is 0.750. The highest BCUT2D eigenvalue weighted by molar-refractivity contribution is 5.53. The number of carbonyl (C=O) groups is 1. The summed E-state index contributed by atoms with van der Waals surface area (Å²) in [7, 11) is 3.25. The minimum absolute atomic E-state index is 0.323. The maximum absolute atomic E-state index is 10.4. The molecule has 0 amide bonds. The first kappa shape index (κ1) is 13.2. The first-order chi connectivity index (χ1) is 6.78. The molecular formula is C12H20O2. The molecule has 2 nitrogen and oxygen atoms in total. The van der Waals surface area contributed by atoms with E-state index in [0.29, 0.717) is 11.8 Å². The van der Waals surface area contributed by atoms with Gasteiger partial charge in [0.25, 0.3) is 0 Å². The number of methoxy groups -OCH3 is 1. The lowest BCUT2D eigenvalue weighted by atomic mass is 9.81. The number of rotatable bonds is 2. The summed E-state index contributed by atoms with van der Waals surface area (Å²) in [4.78, 5) is 10.4. The monoisotopic (exact) mass is 196 g/mol. The maximum Gasteiger partial charge on any atom is 0.123 e. The Hall–Kier alpha value is -0.810. The minimum Gasteiger partial charge on any atom is -0.388 e. The van der Waals surface area contributed by atoms with Crippen LogP contribution in [0.1, 0.15) is 32.1 Å². The van der Waals surface area contributed by atoms with Gasteiger partial charge in [-0.25, -0.2) is 0 Å². The number of terminal acetylenes is 1. The predicted molar refractivity (Wildman–Crippen MR) is 57.9 cm³/mol. The van der Waals surface area contributed by atoms with Crippen LogP contribution in [0.15, 0.2) is 0 Å². The van der Waals surface area contributed by atoms with E-state index in [1.165, 1.54) is 0 Å². The van der Waals surface area contributed by atoms with Crippen LogP contribution in [0.5, 0.6) is 0 Å². The molecule has 1 aliphatic rings. The van der Waals surface area contributed by atoms with Gasteiger partial charge in [-0.05, 0) is 31.6 Å². The molecule has 1 fully saturated rings. The third-order valence-electron chi connectivity index (χ3n) is 2.49. The summed E-state index contributed by atoms with van der Waals surface area (Å²) >= 11 is 0. The molecule has 0 heterocycles. The number of hydrogen-bond acceptors (Lipinski definition) is 2. The normalized spacial score (nSPS) is 25.5. The molecule has 0 aromatic rings. The molecule has 0 N–H and O–H groups in total. The van der Waals surface area contributed by atoms with Gasteiger partial charge in [0.1, 0.15) is 6.29 Å². The Morgan fingerprint density at radius 1 is 1.36 bits per heavy atom.